The van der Waals surface area contributed by atoms with Crippen molar-refractivity contribution < 1.29 is 23.8 Å². The fourth-order valence-corrected chi connectivity index (χ4v) is 4.35. The number of hydrogen-bond acceptors (Lipinski definition) is 4. The molecule has 8 heteroatoms. The zero-order valence-electron chi connectivity index (χ0n) is 18.9. The summed E-state index contributed by atoms with van der Waals surface area (Å²) in [7, 11) is 1.70. The Hall–Kier alpha value is -3.94. The fourth-order valence-electron chi connectivity index (χ4n) is 4.35. The van der Waals surface area contributed by atoms with Crippen LogP contribution in [0, 0.1) is 5.82 Å². The molecule has 1 fully saturated rings. The van der Waals surface area contributed by atoms with Crippen LogP contribution in [0.4, 0.5) is 9.18 Å². The number of halogens is 1. The predicted molar refractivity (Wildman–Crippen MR) is 124 cm³/mol. The summed E-state index contributed by atoms with van der Waals surface area (Å²) in [5.41, 5.74) is 1.75. The van der Waals surface area contributed by atoms with Crippen molar-refractivity contribution in [1.82, 2.24) is 9.47 Å². The molecule has 1 saturated heterocycles. The van der Waals surface area contributed by atoms with Gasteiger partial charge in [-0.25, -0.2) is 9.18 Å². The zero-order chi connectivity index (χ0) is 24.5. The molecular weight excluding hydrogens is 439 g/mol. The molecule has 7 nitrogen and oxygen atoms in total. The molecular formula is C26H25FN2O5. The summed E-state index contributed by atoms with van der Waals surface area (Å²) in [6, 6.07) is 16.0. The van der Waals surface area contributed by atoms with E-state index in [-0.39, 0.29) is 24.6 Å². The molecule has 1 unspecified atom stereocenters. The first-order chi connectivity index (χ1) is 16.2. The average molecular weight is 464 g/mol. The number of ether oxygens (including phenoxy) is 1. The lowest BCUT2D eigenvalue weighted by atomic mass is 9.85. The number of carboxylic acids is 1. The Labute approximate surface area is 196 Å². The Balaban J connectivity index is 1.53. The van der Waals surface area contributed by atoms with Crippen molar-refractivity contribution >= 4 is 12.1 Å². The van der Waals surface area contributed by atoms with E-state index in [0.29, 0.717) is 5.56 Å². The van der Waals surface area contributed by atoms with Gasteiger partial charge in [0.05, 0.1) is 12.5 Å². The van der Waals surface area contributed by atoms with Crippen LogP contribution in [0.5, 0.6) is 0 Å². The molecule has 0 spiro atoms. The molecule has 4 rings (SSSR count). The molecule has 2 aromatic carbocycles. The maximum absolute atomic E-state index is 13.4. The van der Waals surface area contributed by atoms with Crippen LogP contribution in [-0.4, -0.2) is 33.2 Å². The summed E-state index contributed by atoms with van der Waals surface area (Å²) in [6.07, 6.45) is 1.00. The molecule has 1 aliphatic heterocycles. The standard InChI is InChI=1S/C26H25FN2O5/c1-17(18-3-5-19(6-4-18)20-7-12-23(30)28(2)16-20)29-14-13-26(15-24(31)32,34-25(29)33)21-8-10-22(27)11-9-21/h3-12,16-17H,13-15H2,1-2H3,(H,31,32)/t17-,26?/m0/s1. The predicted octanol–water partition coefficient (Wildman–Crippen LogP) is 4.46. The fraction of sp³-hybridized carbons (Fsp3) is 0.269. The van der Waals surface area contributed by atoms with Crippen LogP contribution < -0.4 is 5.56 Å². The van der Waals surface area contributed by atoms with E-state index < -0.39 is 29.9 Å². The number of amides is 1. The minimum absolute atomic E-state index is 0.0859. The van der Waals surface area contributed by atoms with Gasteiger partial charge in [0.2, 0.25) is 5.56 Å². The summed E-state index contributed by atoms with van der Waals surface area (Å²) >= 11 is 0. The Morgan fingerprint density at radius 2 is 1.71 bits per heavy atom. The topological polar surface area (TPSA) is 88.8 Å². The summed E-state index contributed by atoms with van der Waals surface area (Å²) in [4.78, 5) is 37.7. The van der Waals surface area contributed by atoms with Gasteiger partial charge >= 0.3 is 12.1 Å². The number of rotatable bonds is 6. The lowest BCUT2D eigenvalue weighted by Gasteiger charge is -2.42. The summed E-state index contributed by atoms with van der Waals surface area (Å²) in [6.45, 7) is 2.16. The first-order valence-corrected chi connectivity index (χ1v) is 10.9. The first-order valence-electron chi connectivity index (χ1n) is 10.9. The van der Waals surface area contributed by atoms with Crippen molar-refractivity contribution in [1.29, 1.82) is 0 Å². The van der Waals surface area contributed by atoms with E-state index >= 15 is 0 Å². The van der Waals surface area contributed by atoms with Crippen LogP contribution in [0.1, 0.15) is 36.9 Å². The molecule has 0 saturated carbocycles. The number of carboxylic acid groups (broad SMARTS) is 1. The SMILES string of the molecule is C[C@@H](c1ccc(-c2ccc(=O)n(C)c2)cc1)N1CCC(CC(=O)O)(c2ccc(F)cc2)OC1=O. The van der Waals surface area contributed by atoms with Crippen molar-refractivity contribution in [2.75, 3.05) is 6.54 Å². The van der Waals surface area contributed by atoms with Gasteiger partial charge in [0.25, 0.3) is 0 Å². The molecule has 176 valence electrons. The van der Waals surface area contributed by atoms with Crippen LogP contribution in [0.2, 0.25) is 0 Å². The van der Waals surface area contributed by atoms with Crippen molar-refractivity contribution in [3.05, 3.63) is 94.2 Å². The van der Waals surface area contributed by atoms with Gasteiger partial charge in [-0.05, 0) is 47.4 Å². The molecule has 0 bridgehead atoms. The zero-order valence-corrected chi connectivity index (χ0v) is 18.9. The van der Waals surface area contributed by atoms with E-state index in [1.165, 1.54) is 34.9 Å². The molecule has 0 radical (unpaired) electrons. The number of nitrogens with zero attached hydrogens (tertiary/aromatic N) is 2. The number of carbonyl (C=O) groups is 2. The van der Waals surface area contributed by atoms with Gasteiger partial charge in [0, 0.05) is 32.3 Å². The lowest BCUT2D eigenvalue weighted by Crippen LogP contribution is -2.49. The van der Waals surface area contributed by atoms with E-state index in [1.807, 2.05) is 31.2 Å². The lowest BCUT2D eigenvalue weighted by molar-refractivity contribution is -0.146. The van der Waals surface area contributed by atoms with Gasteiger partial charge in [-0.1, -0.05) is 36.4 Å². The highest BCUT2D eigenvalue weighted by Crippen LogP contribution is 2.39. The van der Waals surface area contributed by atoms with Crippen LogP contribution in [-0.2, 0) is 22.2 Å². The molecule has 1 aliphatic rings. The molecule has 3 aromatic rings. The van der Waals surface area contributed by atoms with E-state index in [1.54, 1.807) is 24.2 Å². The van der Waals surface area contributed by atoms with Crippen LogP contribution in [0.15, 0.2) is 71.7 Å². The molecule has 1 amide bonds. The monoisotopic (exact) mass is 464 g/mol. The highest BCUT2D eigenvalue weighted by molar-refractivity contribution is 5.73. The number of carbonyl (C=O) groups excluding carboxylic acids is 1. The molecule has 34 heavy (non-hydrogen) atoms. The van der Waals surface area contributed by atoms with Gasteiger partial charge in [0.1, 0.15) is 5.82 Å². The van der Waals surface area contributed by atoms with E-state index in [9.17, 15) is 23.9 Å². The molecule has 1 aromatic heterocycles. The minimum Gasteiger partial charge on any atom is -0.481 e. The minimum atomic E-state index is -1.35. The molecule has 2 heterocycles. The van der Waals surface area contributed by atoms with Crippen molar-refractivity contribution in [3.63, 3.8) is 0 Å². The highest BCUT2D eigenvalue weighted by Gasteiger charge is 2.45. The Bertz CT molecular complexity index is 1270. The second-order valence-electron chi connectivity index (χ2n) is 8.55. The Kier molecular flexibility index (Phi) is 6.24. The number of aliphatic carboxylic acids is 1. The number of pyridine rings is 1. The van der Waals surface area contributed by atoms with Crippen LogP contribution in [0.3, 0.4) is 0 Å². The van der Waals surface area contributed by atoms with Crippen molar-refractivity contribution in [2.24, 2.45) is 7.05 Å². The Morgan fingerprint density at radius 1 is 1.06 bits per heavy atom. The average Bonchev–Trinajstić information content (AvgIpc) is 2.80. The third-order valence-corrected chi connectivity index (χ3v) is 6.36. The smallest absolute Gasteiger partial charge is 0.411 e. The van der Waals surface area contributed by atoms with Gasteiger partial charge in [0.15, 0.2) is 5.60 Å². The maximum Gasteiger partial charge on any atom is 0.411 e. The maximum atomic E-state index is 13.4. The number of aryl methyl sites for hydroxylation is 1. The van der Waals surface area contributed by atoms with Crippen LogP contribution in [0.25, 0.3) is 11.1 Å². The largest absolute Gasteiger partial charge is 0.481 e. The quantitative estimate of drug-likeness (QED) is 0.582. The molecule has 0 aliphatic carbocycles. The number of hydrogen-bond donors (Lipinski definition) is 1. The van der Waals surface area contributed by atoms with E-state index in [0.717, 1.165) is 16.7 Å². The molecule has 1 N–H and O–H groups in total. The van der Waals surface area contributed by atoms with Gasteiger partial charge in [-0.15, -0.1) is 0 Å². The van der Waals surface area contributed by atoms with Crippen LogP contribution >= 0.6 is 0 Å². The van der Waals surface area contributed by atoms with E-state index in [4.69, 9.17) is 4.74 Å². The van der Waals surface area contributed by atoms with Gasteiger partial charge < -0.3 is 19.3 Å². The third kappa shape index (κ3) is 4.57. The Morgan fingerprint density at radius 3 is 2.29 bits per heavy atom. The third-order valence-electron chi connectivity index (χ3n) is 6.36. The molecule has 2 atom stereocenters. The second-order valence-corrected chi connectivity index (χ2v) is 8.55. The van der Waals surface area contributed by atoms with E-state index in [2.05, 4.69) is 0 Å². The number of cyclic esters (lactones) is 1. The summed E-state index contributed by atoms with van der Waals surface area (Å²) in [5.74, 6) is -1.56. The highest BCUT2D eigenvalue weighted by atomic mass is 19.1. The second kappa shape index (κ2) is 9.13. The number of aromatic nitrogens is 1. The summed E-state index contributed by atoms with van der Waals surface area (Å²) < 4.78 is 20.6. The number of benzene rings is 2. The summed E-state index contributed by atoms with van der Waals surface area (Å²) in [5, 5.41) is 9.44. The van der Waals surface area contributed by atoms with Gasteiger partial charge in [-0.3, -0.25) is 9.59 Å². The van der Waals surface area contributed by atoms with Crippen molar-refractivity contribution in [2.45, 2.75) is 31.4 Å². The van der Waals surface area contributed by atoms with Crippen molar-refractivity contribution in [3.8, 4) is 11.1 Å². The normalized spacial score (nSPS) is 18.9. The van der Waals surface area contributed by atoms with Gasteiger partial charge in [-0.2, -0.15) is 0 Å². The first kappa shape index (κ1) is 23.2.